The molecule has 1 aliphatic heterocycles. The number of anilines is 1. The number of hydrogen-bond acceptors (Lipinski definition) is 5. The first kappa shape index (κ1) is 20.2. The van der Waals surface area contributed by atoms with Crippen molar-refractivity contribution in [1.29, 1.82) is 0 Å². The molecule has 0 atom stereocenters. The highest BCUT2D eigenvalue weighted by Gasteiger charge is 2.24. The molecule has 7 nitrogen and oxygen atoms in total. The third kappa shape index (κ3) is 4.39. The van der Waals surface area contributed by atoms with Crippen molar-refractivity contribution in [1.82, 2.24) is 14.9 Å². The molecule has 0 aliphatic carbocycles. The first-order valence-corrected chi connectivity index (χ1v) is 10.4. The van der Waals surface area contributed by atoms with Gasteiger partial charge in [-0.15, -0.1) is 0 Å². The maximum absolute atomic E-state index is 12.4. The Hall–Kier alpha value is -3.10. The predicted molar refractivity (Wildman–Crippen MR) is 121 cm³/mol. The summed E-state index contributed by atoms with van der Waals surface area (Å²) in [6.07, 6.45) is 5.36. The number of aromatic nitrogens is 2. The van der Waals surface area contributed by atoms with E-state index in [0.717, 1.165) is 11.1 Å². The molecule has 3 heterocycles. The minimum atomic E-state index is -0.229. The number of amides is 2. The van der Waals surface area contributed by atoms with Gasteiger partial charge in [-0.3, -0.25) is 9.59 Å². The quantitative estimate of drug-likeness (QED) is 0.587. The van der Waals surface area contributed by atoms with Crippen LogP contribution in [0.25, 0.3) is 11.6 Å². The molecular weight excluding hydrogens is 422 g/mol. The van der Waals surface area contributed by atoms with Crippen molar-refractivity contribution in [3.05, 3.63) is 64.3 Å². The van der Waals surface area contributed by atoms with E-state index < -0.39 is 0 Å². The first-order chi connectivity index (χ1) is 14.4. The zero-order valence-corrected chi connectivity index (χ0v) is 17.8. The molecule has 2 aromatic heterocycles. The van der Waals surface area contributed by atoms with E-state index in [9.17, 15) is 9.59 Å². The number of benzene rings is 1. The topological polar surface area (TPSA) is 87.9 Å². The number of nitrogens with zero attached hydrogens (tertiary/aromatic N) is 3. The number of pyridine rings is 1. The summed E-state index contributed by atoms with van der Waals surface area (Å²) in [5.41, 5.74) is 2.88. The second-order valence-electron chi connectivity index (χ2n) is 6.95. The van der Waals surface area contributed by atoms with E-state index in [1.165, 1.54) is 11.8 Å². The van der Waals surface area contributed by atoms with Gasteiger partial charge in [0.2, 0.25) is 5.91 Å². The van der Waals surface area contributed by atoms with Gasteiger partial charge in [-0.05, 0) is 59.8 Å². The van der Waals surface area contributed by atoms with Crippen molar-refractivity contribution < 1.29 is 9.59 Å². The van der Waals surface area contributed by atoms with Gasteiger partial charge < -0.3 is 10.6 Å². The number of thioether (sulfide) groups is 1. The number of nitrogens with one attached hydrogen (secondary N) is 2. The van der Waals surface area contributed by atoms with Gasteiger partial charge >= 0.3 is 0 Å². The molecule has 2 amide bonds. The van der Waals surface area contributed by atoms with Crippen molar-refractivity contribution in [3.8, 4) is 0 Å². The standard InChI is InChI=1S/C21H18ClN5O2S/c1-12(2)19(28)24-14-3-4-16(22)17(11-14)25-21-26-20(29)18(30-21)10-13-6-8-27-15(9-13)5-7-23-27/h3-12H,1-2H3,(H,24,28)(H,25,26,29)/b18-10+. The van der Waals surface area contributed by atoms with Crippen LogP contribution in [0.2, 0.25) is 5.02 Å². The highest BCUT2D eigenvalue weighted by Crippen LogP contribution is 2.33. The van der Waals surface area contributed by atoms with Gasteiger partial charge in [-0.1, -0.05) is 25.4 Å². The second kappa shape index (κ2) is 8.33. The third-order valence-corrected chi connectivity index (χ3v) is 5.56. The van der Waals surface area contributed by atoms with Crippen LogP contribution < -0.4 is 10.6 Å². The number of aliphatic imine (C=N–C) groups is 1. The van der Waals surface area contributed by atoms with Gasteiger partial charge in [-0.25, -0.2) is 9.51 Å². The Kier molecular flexibility index (Phi) is 5.61. The molecule has 0 saturated carbocycles. The number of fused-ring (bicyclic) bond motifs is 1. The number of halogens is 1. The summed E-state index contributed by atoms with van der Waals surface area (Å²) in [4.78, 5) is 29.3. The smallest absolute Gasteiger partial charge is 0.264 e. The number of amidine groups is 1. The van der Waals surface area contributed by atoms with E-state index >= 15 is 0 Å². The van der Waals surface area contributed by atoms with E-state index in [1.54, 1.807) is 35.0 Å². The minimum Gasteiger partial charge on any atom is -0.326 e. The number of hydrogen-bond donors (Lipinski definition) is 2. The van der Waals surface area contributed by atoms with E-state index in [2.05, 4.69) is 20.7 Å². The second-order valence-corrected chi connectivity index (χ2v) is 8.39. The fourth-order valence-electron chi connectivity index (χ4n) is 2.73. The summed E-state index contributed by atoms with van der Waals surface area (Å²) >= 11 is 7.49. The molecule has 1 saturated heterocycles. The van der Waals surface area contributed by atoms with Gasteiger partial charge in [0.1, 0.15) is 0 Å². The summed E-state index contributed by atoms with van der Waals surface area (Å²) in [7, 11) is 0. The van der Waals surface area contributed by atoms with Crippen molar-refractivity contribution in [2.45, 2.75) is 13.8 Å². The molecule has 30 heavy (non-hydrogen) atoms. The Bertz CT molecular complexity index is 1220. The Balaban J connectivity index is 1.56. The van der Waals surface area contributed by atoms with Crippen molar-refractivity contribution >= 4 is 63.3 Å². The molecule has 1 fully saturated rings. The third-order valence-electron chi connectivity index (χ3n) is 4.33. The van der Waals surface area contributed by atoms with Crippen LogP contribution in [0.4, 0.5) is 11.4 Å². The molecule has 3 aromatic rings. The zero-order valence-electron chi connectivity index (χ0n) is 16.2. The summed E-state index contributed by atoms with van der Waals surface area (Å²) in [5.74, 6) is -0.470. The largest absolute Gasteiger partial charge is 0.326 e. The molecule has 0 unspecified atom stereocenters. The molecule has 0 radical (unpaired) electrons. The number of carbonyl (C=O) groups is 2. The molecule has 1 aliphatic rings. The Labute approximate surface area is 182 Å². The van der Waals surface area contributed by atoms with Crippen molar-refractivity contribution in [2.24, 2.45) is 10.9 Å². The minimum absolute atomic E-state index is 0.0974. The molecule has 4 rings (SSSR count). The normalized spacial score (nSPS) is 16.6. The summed E-state index contributed by atoms with van der Waals surface area (Å²) in [6.45, 7) is 3.63. The monoisotopic (exact) mass is 439 g/mol. The fourth-order valence-corrected chi connectivity index (χ4v) is 3.73. The van der Waals surface area contributed by atoms with Crippen LogP contribution in [0.5, 0.6) is 0 Å². The van der Waals surface area contributed by atoms with Crippen LogP contribution in [0.3, 0.4) is 0 Å². The summed E-state index contributed by atoms with van der Waals surface area (Å²) < 4.78 is 1.75. The van der Waals surface area contributed by atoms with Gasteiger partial charge in [0.25, 0.3) is 5.91 Å². The lowest BCUT2D eigenvalue weighted by molar-refractivity contribution is -0.119. The Morgan fingerprint density at radius 3 is 2.93 bits per heavy atom. The van der Waals surface area contributed by atoms with E-state index in [-0.39, 0.29) is 17.7 Å². The lowest BCUT2D eigenvalue weighted by Crippen LogP contribution is -2.19. The molecule has 9 heteroatoms. The van der Waals surface area contributed by atoms with Crippen LogP contribution in [0.15, 0.2) is 58.7 Å². The first-order valence-electron chi connectivity index (χ1n) is 9.22. The van der Waals surface area contributed by atoms with Gasteiger partial charge in [0.05, 0.1) is 21.1 Å². The maximum Gasteiger partial charge on any atom is 0.264 e. The van der Waals surface area contributed by atoms with E-state index in [4.69, 9.17) is 11.6 Å². The number of rotatable bonds is 4. The fraction of sp³-hybridized carbons (Fsp3) is 0.143. The van der Waals surface area contributed by atoms with Crippen molar-refractivity contribution in [3.63, 3.8) is 0 Å². The van der Waals surface area contributed by atoms with Gasteiger partial charge in [-0.2, -0.15) is 5.10 Å². The predicted octanol–water partition coefficient (Wildman–Crippen LogP) is 4.47. The van der Waals surface area contributed by atoms with Gasteiger partial charge in [0.15, 0.2) is 5.17 Å². The average molecular weight is 440 g/mol. The van der Waals surface area contributed by atoms with Crippen molar-refractivity contribution in [2.75, 3.05) is 5.32 Å². The van der Waals surface area contributed by atoms with Gasteiger partial charge in [0, 0.05) is 24.0 Å². The summed E-state index contributed by atoms with van der Waals surface area (Å²) in [6, 6.07) is 10.8. The Morgan fingerprint density at radius 2 is 2.13 bits per heavy atom. The highest BCUT2D eigenvalue weighted by molar-refractivity contribution is 8.18. The SMILES string of the molecule is CC(C)C(=O)Nc1ccc(Cl)c(N=C2NC(=O)/C(=C\c3ccn4nccc4c3)S2)c1. The molecule has 152 valence electrons. The Morgan fingerprint density at radius 1 is 1.30 bits per heavy atom. The molecule has 0 bridgehead atoms. The summed E-state index contributed by atoms with van der Waals surface area (Å²) in [5, 5.41) is 10.6. The maximum atomic E-state index is 12.4. The average Bonchev–Trinajstić information content (AvgIpc) is 3.30. The van der Waals surface area contributed by atoms with Crippen LogP contribution in [-0.2, 0) is 9.59 Å². The van der Waals surface area contributed by atoms with Crippen LogP contribution in [0, 0.1) is 5.92 Å². The van der Waals surface area contributed by atoms with Crippen LogP contribution >= 0.6 is 23.4 Å². The molecular formula is C21H18ClN5O2S. The zero-order chi connectivity index (χ0) is 21.3. The number of carbonyl (C=O) groups excluding carboxylic acids is 2. The van der Waals surface area contributed by atoms with Crippen LogP contribution in [-0.4, -0.2) is 26.6 Å². The molecule has 1 aromatic carbocycles. The van der Waals surface area contributed by atoms with E-state index in [1.807, 2.05) is 38.2 Å². The molecule has 0 spiro atoms. The molecule has 2 N–H and O–H groups in total. The lowest BCUT2D eigenvalue weighted by Gasteiger charge is -2.09. The van der Waals surface area contributed by atoms with E-state index in [0.29, 0.717) is 26.5 Å². The highest BCUT2D eigenvalue weighted by atomic mass is 35.5. The van der Waals surface area contributed by atoms with Crippen LogP contribution in [0.1, 0.15) is 19.4 Å². The lowest BCUT2D eigenvalue weighted by atomic mass is 10.2.